The number of carbonyl (C=O) groups excluding carboxylic acids is 1. The Bertz CT molecular complexity index is 972. The Morgan fingerprint density at radius 1 is 1.15 bits per heavy atom. The van der Waals surface area contributed by atoms with Crippen LogP contribution in [0.4, 0.5) is 5.69 Å². The van der Waals surface area contributed by atoms with Gasteiger partial charge in [0.25, 0.3) is 0 Å². The number of aromatic nitrogens is 2. The van der Waals surface area contributed by atoms with Gasteiger partial charge in [0.15, 0.2) is 0 Å². The maximum absolute atomic E-state index is 11.8. The van der Waals surface area contributed by atoms with E-state index >= 15 is 0 Å². The maximum atomic E-state index is 11.8. The lowest BCUT2D eigenvalue weighted by atomic mass is 10.1. The summed E-state index contributed by atoms with van der Waals surface area (Å²) >= 11 is 0. The molecule has 5 heteroatoms. The second kappa shape index (κ2) is 7.35. The van der Waals surface area contributed by atoms with E-state index < -0.39 is 0 Å². The second-order valence-electron chi connectivity index (χ2n) is 6.05. The molecular weight excluding hydrogens is 326 g/mol. The predicted molar refractivity (Wildman–Crippen MR) is 103 cm³/mol. The van der Waals surface area contributed by atoms with Crippen LogP contribution < -0.4 is 0 Å². The van der Waals surface area contributed by atoms with Crippen molar-refractivity contribution >= 4 is 17.9 Å². The molecule has 3 aromatic rings. The number of aryl methyl sites for hydroxylation is 1. The molecule has 0 aliphatic heterocycles. The SMILES string of the molecule is COC(=O)c1cccc(N=Cc2cc(C)n(-c3ccccn3)c2C)c1C. The molecule has 1 aromatic carbocycles. The molecule has 0 unspecified atom stereocenters. The fourth-order valence-electron chi connectivity index (χ4n) is 2.99. The van der Waals surface area contributed by atoms with Crippen LogP contribution in [0.15, 0.2) is 53.7 Å². The number of nitrogens with zero attached hydrogens (tertiary/aromatic N) is 3. The number of pyridine rings is 1. The third kappa shape index (κ3) is 3.28. The Balaban J connectivity index is 1.97. The van der Waals surface area contributed by atoms with Crippen molar-refractivity contribution in [2.24, 2.45) is 4.99 Å². The zero-order chi connectivity index (χ0) is 18.7. The smallest absolute Gasteiger partial charge is 0.338 e. The summed E-state index contributed by atoms with van der Waals surface area (Å²) in [6, 6.07) is 13.4. The van der Waals surface area contributed by atoms with Gasteiger partial charge in [0.05, 0.1) is 18.4 Å². The second-order valence-corrected chi connectivity index (χ2v) is 6.05. The van der Waals surface area contributed by atoms with Gasteiger partial charge in [0.1, 0.15) is 5.82 Å². The normalized spacial score (nSPS) is 11.1. The number of rotatable bonds is 4. The molecule has 0 aliphatic rings. The fourth-order valence-corrected chi connectivity index (χ4v) is 2.99. The lowest BCUT2D eigenvalue weighted by molar-refractivity contribution is 0.0600. The van der Waals surface area contributed by atoms with Gasteiger partial charge < -0.3 is 9.30 Å². The van der Waals surface area contributed by atoms with Crippen molar-refractivity contribution in [3.8, 4) is 5.82 Å². The molecule has 0 radical (unpaired) electrons. The first kappa shape index (κ1) is 17.6. The van der Waals surface area contributed by atoms with Crippen LogP contribution in [0.5, 0.6) is 0 Å². The van der Waals surface area contributed by atoms with Crippen molar-refractivity contribution in [1.82, 2.24) is 9.55 Å². The number of aliphatic imine (C=N–C) groups is 1. The van der Waals surface area contributed by atoms with Crippen LogP contribution >= 0.6 is 0 Å². The highest BCUT2D eigenvalue weighted by atomic mass is 16.5. The third-order valence-electron chi connectivity index (χ3n) is 4.40. The average molecular weight is 347 g/mol. The molecule has 0 bridgehead atoms. The summed E-state index contributed by atoms with van der Waals surface area (Å²) in [7, 11) is 1.38. The Morgan fingerprint density at radius 3 is 2.65 bits per heavy atom. The van der Waals surface area contributed by atoms with Crippen LogP contribution in [-0.2, 0) is 4.74 Å². The van der Waals surface area contributed by atoms with Gasteiger partial charge in [-0.1, -0.05) is 12.1 Å². The largest absolute Gasteiger partial charge is 0.465 e. The molecule has 2 aromatic heterocycles. The number of hydrogen-bond acceptors (Lipinski definition) is 4. The van der Waals surface area contributed by atoms with Gasteiger partial charge in [0, 0.05) is 29.4 Å². The van der Waals surface area contributed by atoms with E-state index in [1.165, 1.54) is 7.11 Å². The van der Waals surface area contributed by atoms with Crippen LogP contribution in [0.25, 0.3) is 5.82 Å². The van der Waals surface area contributed by atoms with Gasteiger partial charge in [-0.2, -0.15) is 0 Å². The fraction of sp³-hybridized carbons (Fsp3) is 0.190. The minimum atomic E-state index is -0.354. The molecule has 0 saturated carbocycles. The van der Waals surface area contributed by atoms with Gasteiger partial charge in [-0.05, 0) is 56.7 Å². The molecule has 132 valence electrons. The highest BCUT2D eigenvalue weighted by Crippen LogP contribution is 2.24. The molecule has 3 rings (SSSR count). The monoisotopic (exact) mass is 347 g/mol. The van der Waals surface area contributed by atoms with Crippen LogP contribution in [0.1, 0.15) is 32.9 Å². The lowest BCUT2D eigenvalue weighted by Crippen LogP contribution is -2.03. The topological polar surface area (TPSA) is 56.5 Å². The highest BCUT2D eigenvalue weighted by molar-refractivity contribution is 5.93. The van der Waals surface area contributed by atoms with Crippen LogP contribution in [0.2, 0.25) is 0 Å². The van der Waals surface area contributed by atoms with Gasteiger partial charge in [-0.25, -0.2) is 9.78 Å². The van der Waals surface area contributed by atoms with Crippen molar-refractivity contribution < 1.29 is 9.53 Å². The van der Waals surface area contributed by atoms with Gasteiger partial charge in [-0.3, -0.25) is 4.99 Å². The van der Waals surface area contributed by atoms with Crippen molar-refractivity contribution in [2.45, 2.75) is 20.8 Å². The molecule has 0 atom stereocenters. The summed E-state index contributed by atoms with van der Waals surface area (Å²) in [6.07, 6.45) is 3.61. The van der Waals surface area contributed by atoms with Gasteiger partial charge >= 0.3 is 5.97 Å². The first-order valence-corrected chi connectivity index (χ1v) is 8.35. The maximum Gasteiger partial charge on any atom is 0.338 e. The highest BCUT2D eigenvalue weighted by Gasteiger charge is 2.12. The van der Waals surface area contributed by atoms with E-state index in [2.05, 4.69) is 20.6 Å². The number of ether oxygens (including phenoxy) is 1. The van der Waals surface area contributed by atoms with Crippen molar-refractivity contribution in [3.05, 3.63) is 76.7 Å². The Kier molecular flexibility index (Phi) is 4.98. The Labute approximate surface area is 153 Å². The van der Waals surface area contributed by atoms with E-state index in [0.717, 1.165) is 34.0 Å². The van der Waals surface area contributed by atoms with Crippen molar-refractivity contribution in [2.75, 3.05) is 7.11 Å². The van der Waals surface area contributed by atoms with E-state index in [1.54, 1.807) is 12.3 Å². The van der Waals surface area contributed by atoms with E-state index in [0.29, 0.717) is 5.56 Å². The third-order valence-corrected chi connectivity index (χ3v) is 4.40. The number of benzene rings is 1. The molecule has 2 heterocycles. The molecule has 0 amide bonds. The van der Waals surface area contributed by atoms with Crippen molar-refractivity contribution in [3.63, 3.8) is 0 Å². The summed E-state index contributed by atoms with van der Waals surface area (Å²) in [5, 5.41) is 0. The standard InChI is InChI=1S/C21H21N3O2/c1-14-12-17(16(3)24(14)20-10-5-6-11-22-20)13-23-19-9-7-8-18(15(19)2)21(25)26-4/h5-13H,1-4H3. The predicted octanol–water partition coefficient (Wildman–Crippen LogP) is 4.33. The molecule has 5 nitrogen and oxygen atoms in total. The minimum Gasteiger partial charge on any atom is -0.465 e. The summed E-state index contributed by atoms with van der Waals surface area (Å²) in [5.41, 5.74) is 5.23. The average Bonchev–Trinajstić information content (AvgIpc) is 2.94. The number of carbonyl (C=O) groups is 1. The van der Waals surface area contributed by atoms with E-state index in [1.807, 2.05) is 57.3 Å². The number of methoxy groups -OCH3 is 1. The Hall–Kier alpha value is -3.21. The van der Waals surface area contributed by atoms with Gasteiger partial charge in [0.2, 0.25) is 0 Å². The number of hydrogen-bond donors (Lipinski definition) is 0. The summed E-state index contributed by atoms with van der Waals surface area (Å²) in [4.78, 5) is 20.9. The Morgan fingerprint density at radius 2 is 1.96 bits per heavy atom. The summed E-state index contributed by atoms with van der Waals surface area (Å²) in [5.74, 6) is 0.527. The van der Waals surface area contributed by atoms with Crippen LogP contribution in [0.3, 0.4) is 0 Å². The van der Waals surface area contributed by atoms with Crippen molar-refractivity contribution in [1.29, 1.82) is 0 Å². The van der Waals surface area contributed by atoms with E-state index in [4.69, 9.17) is 4.74 Å². The quantitative estimate of drug-likeness (QED) is 0.521. The van der Waals surface area contributed by atoms with E-state index in [9.17, 15) is 4.79 Å². The molecule has 0 aliphatic carbocycles. The summed E-state index contributed by atoms with van der Waals surface area (Å²) < 4.78 is 6.92. The molecule has 0 saturated heterocycles. The van der Waals surface area contributed by atoms with Gasteiger partial charge in [-0.15, -0.1) is 0 Å². The zero-order valence-corrected chi connectivity index (χ0v) is 15.4. The molecule has 26 heavy (non-hydrogen) atoms. The van der Waals surface area contributed by atoms with Crippen LogP contribution in [-0.4, -0.2) is 28.8 Å². The van der Waals surface area contributed by atoms with Crippen LogP contribution in [0, 0.1) is 20.8 Å². The minimum absolute atomic E-state index is 0.354. The zero-order valence-electron chi connectivity index (χ0n) is 15.4. The number of esters is 1. The summed E-state index contributed by atoms with van der Waals surface area (Å²) in [6.45, 7) is 5.96. The first-order valence-electron chi connectivity index (χ1n) is 8.35. The molecule has 0 N–H and O–H groups in total. The molecule has 0 fully saturated rings. The molecular formula is C21H21N3O2. The van der Waals surface area contributed by atoms with E-state index in [-0.39, 0.29) is 5.97 Å². The lowest BCUT2D eigenvalue weighted by Gasteiger charge is -2.08. The first-order chi connectivity index (χ1) is 12.5. The molecule has 0 spiro atoms.